The normalized spacial score (nSPS) is 11.1. The van der Waals surface area contributed by atoms with Crippen LogP contribution in [0.15, 0.2) is 78.9 Å². The number of nitrogen functional groups attached to an aromatic ring is 4. The highest BCUT2D eigenvalue weighted by atomic mass is 14.7. The molecule has 0 bridgehead atoms. The van der Waals surface area contributed by atoms with E-state index in [2.05, 4.69) is 16.0 Å². The number of benzene rings is 4. The molecule has 2 heterocycles. The van der Waals surface area contributed by atoms with E-state index < -0.39 is 0 Å². The number of hydrogen-bond donors (Lipinski definition) is 5. The first-order valence-electron chi connectivity index (χ1n) is 9.88. The number of H-pyrrole nitrogens is 1. The molecule has 0 aliphatic heterocycles. The van der Waals surface area contributed by atoms with Crippen LogP contribution in [-0.2, 0) is 0 Å². The van der Waals surface area contributed by atoms with Crippen molar-refractivity contribution in [2.75, 3.05) is 22.9 Å². The first-order valence-corrected chi connectivity index (χ1v) is 9.88. The Morgan fingerprint density at radius 3 is 1.39 bits per heavy atom. The van der Waals surface area contributed by atoms with E-state index >= 15 is 0 Å². The largest absolute Gasteiger partial charge is 0.399 e. The van der Waals surface area contributed by atoms with Crippen molar-refractivity contribution < 1.29 is 0 Å². The first-order chi connectivity index (χ1) is 15.0. The van der Waals surface area contributed by atoms with Gasteiger partial charge in [-0.1, -0.05) is 12.1 Å². The van der Waals surface area contributed by atoms with Crippen molar-refractivity contribution in [1.29, 1.82) is 0 Å². The molecule has 0 unspecified atom stereocenters. The van der Waals surface area contributed by atoms with Gasteiger partial charge in [0.15, 0.2) is 0 Å². The predicted octanol–water partition coefficient (Wildman–Crippen LogP) is 5.04. The van der Waals surface area contributed by atoms with Crippen LogP contribution in [0, 0.1) is 0 Å². The van der Waals surface area contributed by atoms with E-state index in [0.717, 1.165) is 66.4 Å². The molecule has 0 radical (unpaired) electrons. The van der Waals surface area contributed by atoms with E-state index in [4.69, 9.17) is 22.9 Å². The molecule has 0 fully saturated rings. The van der Waals surface area contributed by atoms with Crippen LogP contribution in [0.1, 0.15) is 0 Å². The zero-order chi connectivity index (χ0) is 21.5. The molecule has 0 aliphatic rings. The van der Waals surface area contributed by atoms with Gasteiger partial charge >= 0.3 is 0 Å². The Balaban J connectivity index is 0.000000132. The number of nitrogens with zero attached hydrogens (tertiary/aromatic N) is 1. The molecule has 9 N–H and O–H groups in total. The van der Waals surface area contributed by atoms with Crippen molar-refractivity contribution in [2.45, 2.75) is 0 Å². The fourth-order valence-electron chi connectivity index (χ4n) is 3.79. The summed E-state index contributed by atoms with van der Waals surface area (Å²) in [6, 6.07) is 25.2. The van der Waals surface area contributed by atoms with E-state index in [-0.39, 0.29) is 0 Å². The molecular weight excluding hydrogens is 384 g/mol. The van der Waals surface area contributed by atoms with Gasteiger partial charge in [-0.25, -0.2) is 4.98 Å². The third-order valence-corrected chi connectivity index (χ3v) is 5.31. The number of nitrogens with two attached hydrogens (primary N) is 4. The Kier molecular flexibility index (Phi) is 4.26. The molecule has 4 aromatic carbocycles. The number of fused-ring (bicyclic) bond motifs is 5. The number of anilines is 4. The maximum atomic E-state index is 5.77. The smallest absolute Gasteiger partial charge is 0.0730 e. The second-order valence-corrected chi connectivity index (χ2v) is 7.63. The van der Waals surface area contributed by atoms with Gasteiger partial charge in [-0.2, -0.15) is 0 Å². The monoisotopic (exact) mass is 406 g/mol. The zero-order valence-electron chi connectivity index (χ0n) is 16.8. The van der Waals surface area contributed by atoms with Gasteiger partial charge in [-0.05, 0) is 66.7 Å². The molecule has 6 nitrogen and oxygen atoms in total. The molecule has 152 valence electrons. The van der Waals surface area contributed by atoms with Crippen LogP contribution < -0.4 is 22.9 Å². The fourth-order valence-corrected chi connectivity index (χ4v) is 3.79. The van der Waals surface area contributed by atoms with Crippen LogP contribution in [0.25, 0.3) is 43.6 Å². The van der Waals surface area contributed by atoms with Crippen molar-refractivity contribution in [2.24, 2.45) is 0 Å². The summed E-state index contributed by atoms with van der Waals surface area (Å²) < 4.78 is 0. The summed E-state index contributed by atoms with van der Waals surface area (Å²) in [7, 11) is 0. The maximum Gasteiger partial charge on any atom is 0.0730 e. The van der Waals surface area contributed by atoms with Crippen molar-refractivity contribution in [3.63, 3.8) is 0 Å². The molecule has 0 spiro atoms. The highest BCUT2D eigenvalue weighted by Gasteiger charge is 2.04. The molecule has 31 heavy (non-hydrogen) atoms. The van der Waals surface area contributed by atoms with Crippen LogP contribution in [-0.4, -0.2) is 9.97 Å². The maximum absolute atomic E-state index is 5.77. The van der Waals surface area contributed by atoms with Gasteiger partial charge < -0.3 is 27.9 Å². The minimum atomic E-state index is 0.725. The summed E-state index contributed by atoms with van der Waals surface area (Å²) in [6.07, 6.45) is 0. The standard InChI is InChI=1S/C13H11N3.C12H11N3/c14-10-3-1-8-5-9-2-4-11(15)7-13(9)16-12(8)6-10;13-7-1-3-11-9(5-7)10-6-8(14)2-4-12(10)15-11/h1-7H,14-15H2;1-6,15H,13-14H2. The van der Waals surface area contributed by atoms with Gasteiger partial charge in [-0.3, -0.25) is 0 Å². The third kappa shape index (κ3) is 3.51. The number of rotatable bonds is 0. The van der Waals surface area contributed by atoms with E-state index in [9.17, 15) is 0 Å². The first kappa shape index (κ1) is 18.6. The second kappa shape index (κ2) is 7.11. The van der Waals surface area contributed by atoms with Crippen LogP contribution in [0.2, 0.25) is 0 Å². The third-order valence-electron chi connectivity index (χ3n) is 5.31. The number of aromatic nitrogens is 2. The van der Waals surface area contributed by atoms with Gasteiger partial charge in [0.25, 0.3) is 0 Å². The van der Waals surface area contributed by atoms with Crippen molar-refractivity contribution in [3.8, 4) is 0 Å². The molecule has 0 saturated carbocycles. The number of pyridine rings is 1. The quantitative estimate of drug-likeness (QED) is 0.178. The Morgan fingerprint density at radius 2 is 0.903 bits per heavy atom. The average Bonchev–Trinajstić information content (AvgIpc) is 3.10. The number of hydrogen-bond acceptors (Lipinski definition) is 5. The van der Waals surface area contributed by atoms with Gasteiger partial charge in [0.05, 0.1) is 11.0 Å². The lowest BCUT2D eigenvalue weighted by Crippen LogP contribution is -1.89. The minimum Gasteiger partial charge on any atom is -0.399 e. The van der Waals surface area contributed by atoms with E-state index in [1.807, 2.05) is 72.8 Å². The Labute approximate surface area is 178 Å². The second-order valence-electron chi connectivity index (χ2n) is 7.63. The van der Waals surface area contributed by atoms with Gasteiger partial charge in [0, 0.05) is 55.3 Å². The summed E-state index contributed by atoms with van der Waals surface area (Å²) in [5, 5.41) is 4.42. The zero-order valence-corrected chi connectivity index (χ0v) is 16.8. The molecular formula is C25H22N6. The lowest BCUT2D eigenvalue weighted by Gasteiger charge is -2.03. The molecule has 0 saturated heterocycles. The van der Waals surface area contributed by atoms with Crippen LogP contribution >= 0.6 is 0 Å². The highest BCUT2D eigenvalue weighted by Crippen LogP contribution is 2.28. The van der Waals surface area contributed by atoms with Crippen molar-refractivity contribution in [3.05, 3.63) is 78.9 Å². The summed E-state index contributed by atoms with van der Waals surface area (Å²) in [5.41, 5.74) is 30.0. The van der Waals surface area contributed by atoms with Crippen molar-refractivity contribution >= 4 is 66.4 Å². The fraction of sp³-hybridized carbons (Fsp3) is 0. The molecule has 2 aromatic heterocycles. The highest BCUT2D eigenvalue weighted by molar-refractivity contribution is 6.09. The molecule has 6 rings (SSSR count). The summed E-state index contributed by atoms with van der Waals surface area (Å²) >= 11 is 0. The van der Waals surface area contributed by atoms with Crippen LogP contribution in [0.3, 0.4) is 0 Å². The molecule has 6 heteroatoms. The molecule has 6 aromatic rings. The minimum absolute atomic E-state index is 0.725. The Bertz CT molecular complexity index is 1470. The van der Waals surface area contributed by atoms with Crippen molar-refractivity contribution in [1.82, 2.24) is 9.97 Å². The Hall–Kier alpha value is -4.45. The topological polar surface area (TPSA) is 133 Å². The van der Waals surface area contributed by atoms with Gasteiger partial charge in [0.1, 0.15) is 0 Å². The lowest BCUT2D eigenvalue weighted by molar-refractivity contribution is 1.50. The number of aromatic amines is 1. The van der Waals surface area contributed by atoms with E-state index in [0.29, 0.717) is 0 Å². The summed E-state index contributed by atoms with van der Waals surface area (Å²) in [4.78, 5) is 7.86. The number of nitrogens with one attached hydrogen (secondary N) is 1. The molecule has 0 aliphatic carbocycles. The van der Waals surface area contributed by atoms with Gasteiger partial charge in [-0.15, -0.1) is 0 Å². The van der Waals surface area contributed by atoms with Gasteiger partial charge in [0.2, 0.25) is 0 Å². The van der Waals surface area contributed by atoms with Crippen LogP contribution in [0.5, 0.6) is 0 Å². The predicted molar refractivity (Wildman–Crippen MR) is 133 cm³/mol. The summed E-state index contributed by atoms with van der Waals surface area (Å²) in [6.45, 7) is 0. The van der Waals surface area contributed by atoms with E-state index in [1.165, 1.54) is 0 Å². The SMILES string of the molecule is Nc1ccc2[nH]c3ccc(N)cc3c2c1.Nc1ccc2cc3ccc(N)cc3nc2c1. The Morgan fingerprint density at radius 1 is 0.484 bits per heavy atom. The molecule has 0 amide bonds. The average molecular weight is 406 g/mol. The summed E-state index contributed by atoms with van der Waals surface area (Å²) in [5.74, 6) is 0. The molecule has 0 atom stereocenters. The van der Waals surface area contributed by atoms with E-state index in [1.54, 1.807) is 0 Å². The lowest BCUT2D eigenvalue weighted by atomic mass is 10.1. The van der Waals surface area contributed by atoms with Crippen LogP contribution in [0.4, 0.5) is 22.7 Å².